The van der Waals surface area contributed by atoms with Crippen LogP contribution in [0, 0.1) is 0 Å². The Hall–Kier alpha value is -1.65. The highest BCUT2D eigenvalue weighted by molar-refractivity contribution is 6.49. The van der Waals surface area contributed by atoms with E-state index in [1.54, 1.807) is 24.3 Å². The van der Waals surface area contributed by atoms with Crippen molar-refractivity contribution in [3.05, 3.63) is 46.1 Å². The Morgan fingerprint density at radius 1 is 1.05 bits per heavy atom. The molecule has 1 N–H and O–H groups in total. The third-order valence-electron chi connectivity index (χ3n) is 3.69. The van der Waals surface area contributed by atoms with Crippen LogP contribution < -0.4 is 5.32 Å². The number of ketones is 2. The number of hydrogen-bond acceptors (Lipinski definition) is 4. The van der Waals surface area contributed by atoms with Crippen molar-refractivity contribution in [3.63, 3.8) is 0 Å². The van der Waals surface area contributed by atoms with Crippen LogP contribution in [0.25, 0.3) is 0 Å². The van der Waals surface area contributed by atoms with Gasteiger partial charge in [-0.05, 0) is 13.1 Å². The molecule has 0 bridgehead atoms. The van der Waals surface area contributed by atoms with Gasteiger partial charge in [-0.1, -0.05) is 49.7 Å². The van der Waals surface area contributed by atoms with Gasteiger partial charge in [0.2, 0.25) is 11.6 Å². The lowest BCUT2D eigenvalue weighted by Gasteiger charge is -2.21. The molecule has 1 aromatic carbocycles. The molecule has 0 aromatic heterocycles. The van der Waals surface area contributed by atoms with E-state index in [-0.39, 0.29) is 22.3 Å². The molecular weight excluding hydrogens is 288 g/mol. The molecule has 1 aliphatic carbocycles. The lowest BCUT2D eigenvalue weighted by molar-refractivity contribution is 0.0974. The van der Waals surface area contributed by atoms with Crippen LogP contribution in [0.3, 0.4) is 0 Å². The Morgan fingerprint density at radius 3 is 2.19 bits per heavy atom. The van der Waals surface area contributed by atoms with Gasteiger partial charge in [0.1, 0.15) is 10.7 Å². The minimum absolute atomic E-state index is 0.0155. The number of Topliss-reactive ketones (excluding diaryl/α,β-unsaturated/α-hetero) is 2. The molecule has 0 aliphatic heterocycles. The average molecular weight is 307 g/mol. The third kappa shape index (κ3) is 3.17. The highest BCUT2D eigenvalue weighted by Gasteiger charge is 2.30. The minimum atomic E-state index is -0.294. The summed E-state index contributed by atoms with van der Waals surface area (Å²) >= 11 is 6.07. The predicted molar refractivity (Wildman–Crippen MR) is 83.8 cm³/mol. The average Bonchev–Trinajstić information content (AvgIpc) is 2.52. The van der Waals surface area contributed by atoms with Gasteiger partial charge in [-0.15, -0.1) is 0 Å². The number of hydrogen-bond donors (Lipinski definition) is 1. The number of nitrogens with one attached hydrogen (secondary N) is 1. The van der Waals surface area contributed by atoms with Crippen molar-refractivity contribution in [3.8, 4) is 0 Å². The summed E-state index contributed by atoms with van der Waals surface area (Å²) < 4.78 is 0. The molecule has 0 radical (unpaired) electrons. The molecule has 5 heteroatoms. The SMILES string of the molecule is CCN(CC)CCNC1=C(Cl)C(=O)c2ccccc2C1=O. The molecule has 0 heterocycles. The molecule has 0 saturated heterocycles. The van der Waals surface area contributed by atoms with Crippen molar-refractivity contribution >= 4 is 23.2 Å². The first-order valence-electron chi connectivity index (χ1n) is 7.14. The maximum atomic E-state index is 12.4. The topological polar surface area (TPSA) is 49.4 Å². The van der Waals surface area contributed by atoms with Crippen LogP contribution in [0.15, 0.2) is 35.0 Å². The number of halogens is 1. The predicted octanol–water partition coefficient (Wildman–Crippen LogP) is 2.45. The summed E-state index contributed by atoms with van der Waals surface area (Å²) in [7, 11) is 0. The lowest BCUT2D eigenvalue weighted by atomic mass is 9.92. The van der Waals surface area contributed by atoms with Gasteiger partial charge in [-0.3, -0.25) is 9.59 Å². The van der Waals surface area contributed by atoms with E-state index in [9.17, 15) is 9.59 Å². The fourth-order valence-electron chi connectivity index (χ4n) is 2.38. The van der Waals surface area contributed by atoms with Crippen molar-refractivity contribution < 1.29 is 9.59 Å². The normalized spacial score (nSPS) is 14.7. The first kappa shape index (κ1) is 15.7. The largest absolute Gasteiger partial charge is 0.379 e. The third-order valence-corrected chi connectivity index (χ3v) is 4.05. The van der Waals surface area contributed by atoms with Gasteiger partial charge in [0, 0.05) is 24.2 Å². The number of carbonyl (C=O) groups excluding carboxylic acids is 2. The summed E-state index contributed by atoms with van der Waals surface area (Å²) in [5.41, 5.74) is 1.01. The van der Waals surface area contributed by atoms with E-state index in [1.807, 2.05) is 0 Å². The summed E-state index contributed by atoms with van der Waals surface area (Å²) in [6, 6.07) is 6.76. The van der Waals surface area contributed by atoms with Gasteiger partial charge in [0.25, 0.3) is 0 Å². The Morgan fingerprint density at radius 2 is 1.62 bits per heavy atom. The summed E-state index contributed by atoms with van der Waals surface area (Å²) in [5, 5.41) is 3.01. The van der Waals surface area contributed by atoms with Crippen molar-refractivity contribution in [1.29, 1.82) is 0 Å². The second-order valence-electron chi connectivity index (χ2n) is 4.85. The molecule has 1 aromatic rings. The van der Waals surface area contributed by atoms with Crippen molar-refractivity contribution in [2.45, 2.75) is 13.8 Å². The molecule has 0 fully saturated rings. The first-order valence-corrected chi connectivity index (χ1v) is 7.52. The molecule has 0 saturated carbocycles. The van der Waals surface area contributed by atoms with Gasteiger partial charge in [0.05, 0.1) is 0 Å². The van der Waals surface area contributed by atoms with Gasteiger partial charge in [-0.25, -0.2) is 0 Å². The smallest absolute Gasteiger partial charge is 0.211 e. The Labute approximate surface area is 129 Å². The van der Waals surface area contributed by atoms with Crippen LogP contribution in [0.4, 0.5) is 0 Å². The number of fused-ring (bicyclic) bond motifs is 1. The van der Waals surface area contributed by atoms with E-state index in [0.29, 0.717) is 17.7 Å². The minimum Gasteiger partial charge on any atom is -0.379 e. The number of likely N-dealkylation sites (N-methyl/N-ethyl adjacent to an activating group) is 1. The molecular formula is C16H19ClN2O2. The van der Waals surface area contributed by atoms with Crippen LogP contribution in [-0.4, -0.2) is 42.6 Å². The van der Waals surface area contributed by atoms with Crippen LogP contribution >= 0.6 is 11.6 Å². The van der Waals surface area contributed by atoms with Gasteiger partial charge >= 0.3 is 0 Å². The molecule has 0 atom stereocenters. The number of allylic oxidation sites excluding steroid dienone is 2. The number of rotatable bonds is 6. The highest BCUT2D eigenvalue weighted by Crippen LogP contribution is 2.26. The van der Waals surface area contributed by atoms with E-state index in [1.165, 1.54) is 0 Å². The number of nitrogens with zero attached hydrogens (tertiary/aromatic N) is 1. The van der Waals surface area contributed by atoms with E-state index < -0.39 is 0 Å². The monoisotopic (exact) mass is 306 g/mol. The summed E-state index contributed by atoms with van der Waals surface area (Å²) in [5.74, 6) is -0.507. The summed E-state index contributed by atoms with van der Waals surface area (Å²) in [4.78, 5) is 26.8. The zero-order valence-electron chi connectivity index (χ0n) is 12.3. The second-order valence-corrected chi connectivity index (χ2v) is 5.22. The van der Waals surface area contributed by atoms with Gasteiger partial charge in [-0.2, -0.15) is 0 Å². The summed E-state index contributed by atoms with van der Waals surface area (Å²) in [6.45, 7) is 7.43. The zero-order valence-corrected chi connectivity index (χ0v) is 13.0. The molecule has 21 heavy (non-hydrogen) atoms. The second kappa shape index (κ2) is 6.87. The fourth-order valence-corrected chi connectivity index (χ4v) is 2.64. The molecule has 1 aliphatic rings. The lowest BCUT2D eigenvalue weighted by Crippen LogP contribution is -2.35. The van der Waals surface area contributed by atoms with Crippen LogP contribution in [0.5, 0.6) is 0 Å². The Bertz CT molecular complexity index is 592. The molecule has 4 nitrogen and oxygen atoms in total. The van der Waals surface area contributed by atoms with Crippen LogP contribution in [0.2, 0.25) is 0 Å². The fraction of sp³-hybridized carbons (Fsp3) is 0.375. The van der Waals surface area contributed by atoms with Crippen molar-refractivity contribution in [1.82, 2.24) is 10.2 Å². The van der Waals surface area contributed by atoms with Crippen LogP contribution in [0.1, 0.15) is 34.6 Å². The van der Waals surface area contributed by atoms with Crippen molar-refractivity contribution in [2.24, 2.45) is 0 Å². The van der Waals surface area contributed by atoms with Gasteiger partial charge < -0.3 is 10.2 Å². The molecule has 0 amide bonds. The van der Waals surface area contributed by atoms with E-state index in [2.05, 4.69) is 24.1 Å². The maximum absolute atomic E-state index is 12.4. The Balaban J connectivity index is 2.15. The number of carbonyl (C=O) groups is 2. The first-order chi connectivity index (χ1) is 10.1. The molecule has 112 valence electrons. The molecule has 0 spiro atoms. The quantitative estimate of drug-likeness (QED) is 0.877. The highest BCUT2D eigenvalue weighted by atomic mass is 35.5. The van der Waals surface area contributed by atoms with E-state index in [0.717, 1.165) is 19.6 Å². The number of benzene rings is 1. The van der Waals surface area contributed by atoms with Crippen LogP contribution in [-0.2, 0) is 0 Å². The zero-order chi connectivity index (χ0) is 15.4. The molecule has 2 rings (SSSR count). The van der Waals surface area contributed by atoms with Crippen molar-refractivity contribution in [2.75, 3.05) is 26.2 Å². The van der Waals surface area contributed by atoms with Gasteiger partial charge in [0.15, 0.2) is 0 Å². The van der Waals surface area contributed by atoms with E-state index in [4.69, 9.17) is 11.6 Å². The summed E-state index contributed by atoms with van der Waals surface area (Å²) in [6.07, 6.45) is 0. The standard InChI is InChI=1S/C16H19ClN2O2/c1-3-19(4-2)10-9-18-14-13(17)15(20)11-7-5-6-8-12(11)16(14)21/h5-8,18H,3-4,9-10H2,1-2H3. The molecule has 0 unspecified atom stereocenters. The van der Waals surface area contributed by atoms with E-state index >= 15 is 0 Å². The maximum Gasteiger partial charge on any atom is 0.211 e. The Kier molecular flexibility index (Phi) is 5.15.